The third-order valence-electron chi connectivity index (χ3n) is 8.69. The predicted octanol–water partition coefficient (Wildman–Crippen LogP) is 11.2. The average Bonchev–Trinajstić information content (AvgIpc) is 3.10. The van der Waals surface area contributed by atoms with Crippen LogP contribution in [0, 0.1) is 5.92 Å². The minimum Gasteiger partial charge on any atom is -0.462 e. The molecule has 0 aromatic heterocycles. The van der Waals surface area contributed by atoms with E-state index in [-0.39, 0.29) is 25.6 Å². The summed E-state index contributed by atoms with van der Waals surface area (Å²) in [5.74, 6) is -0.150. The molecule has 3 N–H and O–H groups in total. The van der Waals surface area contributed by atoms with Crippen molar-refractivity contribution in [2.24, 2.45) is 5.92 Å². The van der Waals surface area contributed by atoms with Crippen LogP contribution >= 0.6 is 7.82 Å². The lowest BCUT2D eigenvalue weighted by Crippen LogP contribution is -2.29. The Bertz CT molecular complexity index is 1010. The molecule has 2 atom stereocenters. The standard InChI is InChI=1S/C42H75O9P/c1-4-39(43)33-29-25-21-17-13-9-5-6-10-14-18-22-26-30-34-41(44)49-36-40(37-50-52(46,47)48)51-42(45)35-31-27-23-19-15-11-7-8-12-16-20-24-28-32-38(2)3/h6,9-10,13,18,21-22,25,38-40,43H,4-5,7-8,11-12,14-17,19-20,23-24,26-37H2,1-3H3,(H2,46,47,48)/b10-6-,13-9-,22-18-,25-21-/t39-,40+/m0/s1. The molecule has 10 heteroatoms. The maximum absolute atomic E-state index is 12.4. The second-order valence-corrected chi connectivity index (χ2v) is 15.5. The summed E-state index contributed by atoms with van der Waals surface area (Å²) in [5.41, 5.74) is 0. The number of aliphatic hydroxyl groups is 1. The second-order valence-electron chi connectivity index (χ2n) is 14.2. The Kier molecular flexibility index (Phi) is 34.6. The Morgan fingerprint density at radius 3 is 1.56 bits per heavy atom. The molecule has 302 valence electrons. The molecule has 0 bridgehead atoms. The first-order chi connectivity index (χ1) is 25.0. The minimum absolute atomic E-state index is 0.178. The number of hydrogen-bond acceptors (Lipinski definition) is 7. The van der Waals surface area contributed by atoms with E-state index in [4.69, 9.17) is 19.3 Å². The van der Waals surface area contributed by atoms with Gasteiger partial charge in [-0.3, -0.25) is 14.1 Å². The van der Waals surface area contributed by atoms with Crippen LogP contribution < -0.4 is 0 Å². The molecule has 0 spiro atoms. The van der Waals surface area contributed by atoms with E-state index in [1.54, 1.807) is 0 Å². The first-order valence-corrected chi connectivity index (χ1v) is 21.9. The van der Waals surface area contributed by atoms with Crippen molar-refractivity contribution in [3.8, 4) is 0 Å². The van der Waals surface area contributed by atoms with Gasteiger partial charge in [-0.05, 0) is 63.7 Å². The van der Waals surface area contributed by atoms with Crippen LogP contribution in [0.15, 0.2) is 48.6 Å². The topological polar surface area (TPSA) is 140 Å². The van der Waals surface area contributed by atoms with Gasteiger partial charge in [-0.2, -0.15) is 0 Å². The van der Waals surface area contributed by atoms with Gasteiger partial charge in [0, 0.05) is 12.8 Å². The molecular weight excluding hydrogens is 679 g/mol. The molecule has 0 amide bonds. The molecule has 0 aliphatic carbocycles. The molecule has 0 aliphatic rings. The van der Waals surface area contributed by atoms with E-state index in [9.17, 15) is 19.3 Å². The van der Waals surface area contributed by atoms with Crippen LogP contribution in [0.1, 0.15) is 175 Å². The molecule has 0 aliphatic heterocycles. The van der Waals surface area contributed by atoms with E-state index in [0.29, 0.717) is 19.3 Å². The van der Waals surface area contributed by atoms with Crippen molar-refractivity contribution in [1.82, 2.24) is 0 Å². The molecule has 9 nitrogen and oxygen atoms in total. The zero-order valence-corrected chi connectivity index (χ0v) is 33.9. The summed E-state index contributed by atoms with van der Waals surface area (Å²) in [4.78, 5) is 42.8. The van der Waals surface area contributed by atoms with Crippen LogP contribution in [0.4, 0.5) is 0 Å². The van der Waals surface area contributed by atoms with Crippen molar-refractivity contribution < 1.29 is 43.0 Å². The molecule has 0 saturated heterocycles. The fraction of sp³-hybridized carbons (Fsp3) is 0.762. The van der Waals surface area contributed by atoms with Gasteiger partial charge in [0.1, 0.15) is 6.61 Å². The number of carbonyl (C=O) groups is 2. The summed E-state index contributed by atoms with van der Waals surface area (Å²) < 4.78 is 26.3. The summed E-state index contributed by atoms with van der Waals surface area (Å²) in [6, 6.07) is 0. The molecule has 52 heavy (non-hydrogen) atoms. The molecule has 0 heterocycles. The van der Waals surface area contributed by atoms with Gasteiger partial charge in [0.05, 0.1) is 12.7 Å². The molecular formula is C42H75O9P. The van der Waals surface area contributed by atoms with Gasteiger partial charge in [-0.1, -0.05) is 153 Å². The summed E-state index contributed by atoms with van der Waals surface area (Å²) in [7, 11) is -4.77. The molecule has 0 unspecified atom stereocenters. The van der Waals surface area contributed by atoms with Gasteiger partial charge < -0.3 is 24.4 Å². The largest absolute Gasteiger partial charge is 0.469 e. The predicted molar refractivity (Wildman–Crippen MR) is 213 cm³/mol. The SMILES string of the molecule is CC[C@H](O)CC/C=C\C/C=C\C/C=C\C/C=C\CCCC(=O)OC[C@H](COP(=O)(O)O)OC(=O)CCCCCCCCCCCCCCCC(C)C. The van der Waals surface area contributed by atoms with Crippen molar-refractivity contribution in [1.29, 1.82) is 0 Å². The molecule has 0 fully saturated rings. The zero-order valence-electron chi connectivity index (χ0n) is 33.0. The van der Waals surface area contributed by atoms with E-state index in [1.165, 1.54) is 64.2 Å². The maximum Gasteiger partial charge on any atom is 0.469 e. The summed E-state index contributed by atoms with van der Waals surface area (Å²) in [6.45, 7) is 5.69. The van der Waals surface area contributed by atoms with Crippen molar-refractivity contribution >= 4 is 19.8 Å². The second kappa shape index (κ2) is 36.0. The minimum atomic E-state index is -4.77. The lowest BCUT2D eigenvalue weighted by molar-refractivity contribution is -0.161. The normalized spacial score (nSPS) is 13.7. The highest BCUT2D eigenvalue weighted by atomic mass is 31.2. The molecule has 0 aromatic rings. The van der Waals surface area contributed by atoms with E-state index in [0.717, 1.165) is 63.7 Å². The smallest absolute Gasteiger partial charge is 0.462 e. The van der Waals surface area contributed by atoms with Gasteiger partial charge in [-0.15, -0.1) is 0 Å². The number of aliphatic hydroxyl groups excluding tert-OH is 1. The first-order valence-electron chi connectivity index (χ1n) is 20.4. The molecule has 0 rings (SSSR count). The third kappa shape index (κ3) is 39.2. The number of hydrogen-bond donors (Lipinski definition) is 3. The van der Waals surface area contributed by atoms with E-state index < -0.39 is 32.5 Å². The monoisotopic (exact) mass is 755 g/mol. The highest BCUT2D eigenvalue weighted by Crippen LogP contribution is 2.36. The van der Waals surface area contributed by atoms with Gasteiger partial charge in [0.15, 0.2) is 6.10 Å². The van der Waals surface area contributed by atoms with Crippen LogP contribution in [0.2, 0.25) is 0 Å². The highest BCUT2D eigenvalue weighted by Gasteiger charge is 2.22. The number of phosphoric acid groups is 1. The van der Waals surface area contributed by atoms with Crippen molar-refractivity contribution in [3.63, 3.8) is 0 Å². The Balaban J connectivity index is 4.03. The fourth-order valence-electron chi connectivity index (χ4n) is 5.47. The van der Waals surface area contributed by atoms with Gasteiger partial charge in [0.25, 0.3) is 0 Å². The number of carbonyl (C=O) groups excluding carboxylic acids is 2. The van der Waals surface area contributed by atoms with E-state index >= 15 is 0 Å². The third-order valence-corrected chi connectivity index (χ3v) is 9.18. The Hall–Kier alpha value is -2.03. The van der Waals surface area contributed by atoms with E-state index in [2.05, 4.69) is 54.8 Å². The van der Waals surface area contributed by atoms with Crippen LogP contribution in [-0.2, 0) is 28.2 Å². The Labute approximate surface area is 317 Å². The van der Waals surface area contributed by atoms with E-state index in [1.807, 2.05) is 19.1 Å². The number of ether oxygens (including phenoxy) is 2. The number of unbranched alkanes of at least 4 members (excludes halogenated alkanes) is 13. The van der Waals surface area contributed by atoms with Crippen molar-refractivity contribution in [2.75, 3.05) is 13.2 Å². The quantitative estimate of drug-likeness (QED) is 0.0247. The Morgan fingerprint density at radius 1 is 0.596 bits per heavy atom. The molecule has 0 radical (unpaired) electrons. The Morgan fingerprint density at radius 2 is 1.06 bits per heavy atom. The lowest BCUT2D eigenvalue weighted by Gasteiger charge is -2.18. The first kappa shape index (κ1) is 50.0. The number of esters is 2. The van der Waals surface area contributed by atoms with Gasteiger partial charge in [-0.25, -0.2) is 4.57 Å². The molecule has 0 aromatic carbocycles. The zero-order chi connectivity index (χ0) is 38.5. The van der Waals surface area contributed by atoms with Crippen molar-refractivity contribution in [2.45, 2.75) is 187 Å². The van der Waals surface area contributed by atoms with Crippen LogP contribution in [-0.4, -0.2) is 52.3 Å². The van der Waals surface area contributed by atoms with Crippen LogP contribution in [0.25, 0.3) is 0 Å². The summed E-state index contributed by atoms with van der Waals surface area (Å²) in [6.07, 6.45) is 39.3. The fourth-order valence-corrected chi connectivity index (χ4v) is 5.83. The number of allylic oxidation sites excluding steroid dienone is 8. The number of phosphoric ester groups is 1. The highest BCUT2D eigenvalue weighted by molar-refractivity contribution is 7.46. The lowest BCUT2D eigenvalue weighted by atomic mass is 10.0. The van der Waals surface area contributed by atoms with Gasteiger partial charge in [0.2, 0.25) is 0 Å². The van der Waals surface area contributed by atoms with Crippen LogP contribution in [0.3, 0.4) is 0 Å². The average molecular weight is 755 g/mol. The van der Waals surface area contributed by atoms with Crippen molar-refractivity contribution in [3.05, 3.63) is 48.6 Å². The summed E-state index contributed by atoms with van der Waals surface area (Å²) in [5, 5.41) is 9.53. The maximum atomic E-state index is 12.4. The summed E-state index contributed by atoms with van der Waals surface area (Å²) >= 11 is 0. The number of rotatable bonds is 36. The van der Waals surface area contributed by atoms with Crippen LogP contribution in [0.5, 0.6) is 0 Å². The van der Waals surface area contributed by atoms with Gasteiger partial charge >= 0.3 is 19.8 Å². The molecule has 0 saturated carbocycles.